The Morgan fingerprint density at radius 2 is 1.93 bits per heavy atom. The first kappa shape index (κ1) is 11.1. The van der Waals surface area contributed by atoms with Gasteiger partial charge in [-0.15, -0.1) is 0 Å². The third-order valence-electron chi connectivity index (χ3n) is 2.23. The maximum Gasteiger partial charge on any atom is 0.123 e. The van der Waals surface area contributed by atoms with Crippen LogP contribution < -0.4 is 11.1 Å². The van der Waals surface area contributed by atoms with Crippen LogP contribution in [0.5, 0.6) is 0 Å². The molecule has 2 nitrogen and oxygen atoms in total. The molecule has 0 fully saturated rings. The van der Waals surface area contributed by atoms with Crippen LogP contribution in [0.2, 0.25) is 0 Å². The molecule has 0 bridgehead atoms. The van der Waals surface area contributed by atoms with E-state index in [0.29, 0.717) is 0 Å². The minimum Gasteiger partial charge on any atom is -0.328 e. The van der Waals surface area contributed by atoms with Crippen LogP contribution in [-0.2, 0) is 0 Å². The predicted molar refractivity (Wildman–Crippen MR) is 56.5 cm³/mol. The summed E-state index contributed by atoms with van der Waals surface area (Å²) in [5.74, 6) is -0.204. The molecule has 0 saturated heterocycles. The second kappa shape index (κ2) is 5.08. The summed E-state index contributed by atoms with van der Waals surface area (Å²) in [5, 5.41) is 3.17. The molecule has 1 aromatic rings. The number of halogens is 1. The van der Waals surface area contributed by atoms with Gasteiger partial charge < -0.3 is 11.1 Å². The van der Waals surface area contributed by atoms with Crippen LogP contribution in [0.1, 0.15) is 24.9 Å². The van der Waals surface area contributed by atoms with Crippen molar-refractivity contribution in [2.24, 2.45) is 5.73 Å². The van der Waals surface area contributed by atoms with Crippen molar-refractivity contribution >= 4 is 0 Å². The number of hydrogen-bond donors (Lipinski definition) is 2. The van der Waals surface area contributed by atoms with Crippen LogP contribution in [-0.4, -0.2) is 13.1 Å². The average molecular weight is 196 g/mol. The minimum absolute atomic E-state index is 0.137. The molecule has 14 heavy (non-hydrogen) atoms. The van der Waals surface area contributed by atoms with Gasteiger partial charge in [-0.3, -0.25) is 0 Å². The zero-order valence-corrected chi connectivity index (χ0v) is 8.63. The van der Waals surface area contributed by atoms with E-state index in [0.717, 1.165) is 12.0 Å². The van der Waals surface area contributed by atoms with Crippen molar-refractivity contribution in [1.29, 1.82) is 0 Å². The molecule has 1 rings (SSSR count). The molecule has 2 unspecified atom stereocenters. The average Bonchev–Trinajstić information content (AvgIpc) is 2.15. The Labute approximate surface area is 84.3 Å². The Hall–Kier alpha value is -0.930. The standard InChI is InChI=1S/C11H17FN2/c1-8(13)7-11(14-2)9-3-5-10(12)6-4-9/h3-6,8,11,14H,7,13H2,1-2H3. The Kier molecular flexibility index (Phi) is 4.04. The SMILES string of the molecule is CNC(CC(C)N)c1ccc(F)cc1. The van der Waals surface area contributed by atoms with Crippen molar-refractivity contribution in [2.45, 2.75) is 25.4 Å². The van der Waals surface area contributed by atoms with E-state index < -0.39 is 0 Å². The molecule has 0 radical (unpaired) electrons. The van der Waals surface area contributed by atoms with E-state index in [1.165, 1.54) is 12.1 Å². The van der Waals surface area contributed by atoms with Crippen molar-refractivity contribution < 1.29 is 4.39 Å². The topological polar surface area (TPSA) is 38.0 Å². The van der Waals surface area contributed by atoms with Crippen LogP contribution in [0.3, 0.4) is 0 Å². The summed E-state index contributed by atoms with van der Waals surface area (Å²) in [6.07, 6.45) is 0.849. The molecule has 0 aromatic heterocycles. The zero-order valence-electron chi connectivity index (χ0n) is 8.63. The molecule has 3 heteroatoms. The van der Waals surface area contributed by atoms with E-state index in [9.17, 15) is 4.39 Å². The molecular formula is C11H17FN2. The zero-order chi connectivity index (χ0) is 10.6. The first-order valence-electron chi connectivity index (χ1n) is 4.81. The lowest BCUT2D eigenvalue weighted by molar-refractivity contribution is 0.498. The lowest BCUT2D eigenvalue weighted by Gasteiger charge is -2.18. The molecular weight excluding hydrogens is 179 g/mol. The Balaban J connectivity index is 2.73. The highest BCUT2D eigenvalue weighted by atomic mass is 19.1. The van der Waals surface area contributed by atoms with Gasteiger partial charge in [0.25, 0.3) is 0 Å². The molecule has 2 atom stereocenters. The maximum absolute atomic E-state index is 12.7. The van der Waals surface area contributed by atoms with Gasteiger partial charge in [-0.25, -0.2) is 4.39 Å². The van der Waals surface area contributed by atoms with Gasteiger partial charge in [0, 0.05) is 12.1 Å². The highest BCUT2D eigenvalue weighted by Gasteiger charge is 2.10. The summed E-state index contributed by atoms with van der Waals surface area (Å²) in [5.41, 5.74) is 6.80. The summed E-state index contributed by atoms with van der Waals surface area (Å²) >= 11 is 0. The van der Waals surface area contributed by atoms with Crippen molar-refractivity contribution in [3.63, 3.8) is 0 Å². The van der Waals surface area contributed by atoms with E-state index in [2.05, 4.69) is 5.32 Å². The largest absolute Gasteiger partial charge is 0.328 e. The Morgan fingerprint density at radius 1 is 1.36 bits per heavy atom. The van der Waals surface area contributed by atoms with Gasteiger partial charge in [-0.1, -0.05) is 12.1 Å². The normalized spacial score (nSPS) is 15.1. The van der Waals surface area contributed by atoms with Gasteiger partial charge in [-0.05, 0) is 38.1 Å². The van der Waals surface area contributed by atoms with E-state index in [1.54, 1.807) is 12.1 Å². The number of benzene rings is 1. The minimum atomic E-state index is -0.204. The number of nitrogens with one attached hydrogen (secondary N) is 1. The summed E-state index contributed by atoms with van der Waals surface area (Å²) in [6.45, 7) is 1.97. The highest BCUT2D eigenvalue weighted by Crippen LogP contribution is 2.17. The van der Waals surface area contributed by atoms with E-state index in [4.69, 9.17) is 5.73 Å². The molecule has 0 aliphatic carbocycles. The molecule has 0 aliphatic heterocycles. The fourth-order valence-corrected chi connectivity index (χ4v) is 1.49. The third-order valence-corrected chi connectivity index (χ3v) is 2.23. The molecule has 1 aromatic carbocycles. The summed E-state index contributed by atoms with van der Waals surface area (Å²) in [7, 11) is 1.89. The van der Waals surface area contributed by atoms with Gasteiger partial charge in [-0.2, -0.15) is 0 Å². The van der Waals surface area contributed by atoms with Crippen LogP contribution in [0.25, 0.3) is 0 Å². The summed E-state index contributed by atoms with van der Waals surface area (Å²) in [6, 6.07) is 6.87. The summed E-state index contributed by atoms with van der Waals surface area (Å²) < 4.78 is 12.7. The number of rotatable bonds is 4. The van der Waals surface area contributed by atoms with Crippen molar-refractivity contribution in [2.75, 3.05) is 7.05 Å². The second-order valence-corrected chi connectivity index (χ2v) is 3.61. The Bertz CT molecular complexity index is 269. The molecule has 0 heterocycles. The molecule has 0 aliphatic rings. The van der Waals surface area contributed by atoms with Gasteiger partial charge in [0.05, 0.1) is 0 Å². The lowest BCUT2D eigenvalue weighted by atomic mass is 10.0. The fraction of sp³-hybridized carbons (Fsp3) is 0.455. The molecule has 0 saturated carbocycles. The van der Waals surface area contributed by atoms with Crippen molar-refractivity contribution in [3.8, 4) is 0 Å². The second-order valence-electron chi connectivity index (χ2n) is 3.61. The lowest BCUT2D eigenvalue weighted by Crippen LogP contribution is -2.25. The number of hydrogen-bond acceptors (Lipinski definition) is 2. The predicted octanol–water partition coefficient (Wildman–Crippen LogP) is 1.82. The van der Waals surface area contributed by atoms with Gasteiger partial charge >= 0.3 is 0 Å². The monoisotopic (exact) mass is 196 g/mol. The van der Waals surface area contributed by atoms with Crippen LogP contribution in [0.15, 0.2) is 24.3 Å². The summed E-state index contributed by atoms with van der Waals surface area (Å²) in [4.78, 5) is 0. The van der Waals surface area contributed by atoms with Crippen molar-refractivity contribution in [1.82, 2.24) is 5.32 Å². The molecule has 0 amide bonds. The highest BCUT2D eigenvalue weighted by molar-refractivity contribution is 5.19. The first-order valence-corrected chi connectivity index (χ1v) is 4.81. The van der Waals surface area contributed by atoms with Crippen molar-refractivity contribution in [3.05, 3.63) is 35.6 Å². The van der Waals surface area contributed by atoms with Crippen LogP contribution >= 0.6 is 0 Å². The quantitative estimate of drug-likeness (QED) is 0.771. The van der Waals surface area contributed by atoms with E-state index in [-0.39, 0.29) is 17.9 Å². The smallest absolute Gasteiger partial charge is 0.123 e. The van der Waals surface area contributed by atoms with Gasteiger partial charge in [0.1, 0.15) is 5.82 Å². The molecule has 0 spiro atoms. The van der Waals surface area contributed by atoms with Crippen LogP contribution in [0.4, 0.5) is 4.39 Å². The third kappa shape index (κ3) is 3.09. The van der Waals surface area contributed by atoms with E-state index >= 15 is 0 Å². The Morgan fingerprint density at radius 3 is 2.36 bits per heavy atom. The van der Waals surface area contributed by atoms with Crippen LogP contribution in [0, 0.1) is 5.82 Å². The maximum atomic E-state index is 12.7. The first-order chi connectivity index (χ1) is 6.63. The molecule has 78 valence electrons. The van der Waals surface area contributed by atoms with Gasteiger partial charge in [0.2, 0.25) is 0 Å². The molecule has 3 N–H and O–H groups in total. The fourth-order valence-electron chi connectivity index (χ4n) is 1.49. The number of nitrogens with two attached hydrogens (primary N) is 1. The van der Waals surface area contributed by atoms with E-state index in [1.807, 2.05) is 14.0 Å². The van der Waals surface area contributed by atoms with Gasteiger partial charge in [0.15, 0.2) is 0 Å².